The van der Waals surface area contributed by atoms with E-state index >= 15 is 0 Å². The number of carbonyl (C=O) groups excluding carboxylic acids is 1. The van der Waals surface area contributed by atoms with E-state index in [2.05, 4.69) is 10.0 Å². The number of rotatable bonds is 9. The normalized spacial score (nSPS) is 12.5. The second-order valence-corrected chi connectivity index (χ2v) is 7.68. The van der Waals surface area contributed by atoms with Gasteiger partial charge in [-0.15, -0.1) is 0 Å². The van der Waals surface area contributed by atoms with Crippen LogP contribution in [0.1, 0.15) is 25.3 Å². The molecule has 7 heteroatoms. The van der Waals surface area contributed by atoms with Crippen LogP contribution in [0, 0.1) is 5.82 Å². The summed E-state index contributed by atoms with van der Waals surface area (Å²) in [6.07, 6.45) is 1.96. The lowest BCUT2D eigenvalue weighted by molar-refractivity contribution is -0.122. The molecule has 2 rings (SSSR count). The highest BCUT2D eigenvalue weighted by atomic mass is 32.2. The number of halogens is 1. The Kier molecular flexibility index (Phi) is 7.29. The minimum absolute atomic E-state index is 0.0849. The van der Waals surface area contributed by atoms with Gasteiger partial charge in [-0.1, -0.05) is 43.7 Å². The predicted molar refractivity (Wildman–Crippen MR) is 98.6 cm³/mol. The van der Waals surface area contributed by atoms with Crippen LogP contribution in [0.25, 0.3) is 0 Å². The Bertz CT molecular complexity index is 808. The van der Waals surface area contributed by atoms with Gasteiger partial charge in [0, 0.05) is 6.54 Å². The molecule has 0 bridgehead atoms. The van der Waals surface area contributed by atoms with E-state index < -0.39 is 21.9 Å². The molecule has 0 heterocycles. The average Bonchev–Trinajstić information content (AvgIpc) is 2.62. The Morgan fingerprint density at radius 1 is 1.08 bits per heavy atom. The highest BCUT2D eigenvalue weighted by Gasteiger charge is 2.25. The van der Waals surface area contributed by atoms with Gasteiger partial charge in [-0.3, -0.25) is 4.79 Å². The minimum atomic E-state index is -3.95. The van der Waals surface area contributed by atoms with E-state index in [4.69, 9.17) is 0 Å². The molecule has 0 unspecified atom stereocenters. The number of sulfonamides is 1. The second kappa shape index (κ2) is 9.45. The first-order valence-corrected chi connectivity index (χ1v) is 10.00. The molecule has 0 radical (unpaired) electrons. The van der Waals surface area contributed by atoms with Gasteiger partial charge >= 0.3 is 0 Å². The zero-order chi connectivity index (χ0) is 19.0. The summed E-state index contributed by atoms with van der Waals surface area (Å²) in [5, 5.41) is 2.76. The maximum Gasteiger partial charge on any atom is 0.241 e. The fourth-order valence-corrected chi connectivity index (χ4v) is 3.61. The highest BCUT2D eigenvalue weighted by Crippen LogP contribution is 2.12. The van der Waals surface area contributed by atoms with E-state index in [0.717, 1.165) is 30.5 Å². The molecule has 0 saturated heterocycles. The first kappa shape index (κ1) is 20.1. The van der Waals surface area contributed by atoms with Crippen molar-refractivity contribution in [1.82, 2.24) is 10.0 Å². The van der Waals surface area contributed by atoms with Crippen molar-refractivity contribution in [2.75, 3.05) is 6.54 Å². The number of unbranched alkanes of at least 4 members (excludes halogenated alkanes) is 1. The van der Waals surface area contributed by atoms with Crippen molar-refractivity contribution in [1.29, 1.82) is 0 Å². The molecule has 26 heavy (non-hydrogen) atoms. The number of hydrogen-bond acceptors (Lipinski definition) is 3. The van der Waals surface area contributed by atoms with Gasteiger partial charge in [0.2, 0.25) is 15.9 Å². The zero-order valence-corrected chi connectivity index (χ0v) is 15.4. The summed E-state index contributed by atoms with van der Waals surface area (Å²) < 4.78 is 40.6. The summed E-state index contributed by atoms with van der Waals surface area (Å²) >= 11 is 0. The van der Waals surface area contributed by atoms with Gasteiger partial charge in [0.15, 0.2) is 0 Å². The van der Waals surface area contributed by atoms with E-state index in [1.807, 2.05) is 37.3 Å². The fourth-order valence-electron chi connectivity index (χ4n) is 2.42. The largest absolute Gasteiger partial charge is 0.355 e. The highest BCUT2D eigenvalue weighted by molar-refractivity contribution is 7.89. The molecule has 2 N–H and O–H groups in total. The van der Waals surface area contributed by atoms with E-state index in [0.29, 0.717) is 6.54 Å². The predicted octanol–water partition coefficient (Wildman–Crippen LogP) is 2.63. The van der Waals surface area contributed by atoms with Crippen molar-refractivity contribution < 1.29 is 17.6 Å². The number of amides is 1. The molecule has 0 aliphatic heterocycles. The van der Waals surface area contributed by atoms with Gasteiger partial charge in [-0.25, -0.2) is 12.8 Å². The minimum Gasteiger partial charge on any atom is -0.355 e. The summed E-state index contributed by atoms with van der Waals surface area (Å²) in [6, 6.07) is 12.7. The lowest BCUT2D eigenvalue weighted by Gasteiger charge is -2.19. The Hall–Kier alpha value is -2.25. The van der Waals surface area contributed by atoms with Crippen LogP contribution in [0.5, 0.6) is 0 Å². The molecule has 1 amide bonds. The van der Waals surface area contributed by atoms with Gasteiger partial charge in [0.25, 0.3) is 0 Å². The average molecular weight is 378 g/mol. The third-order valence-corrected chi connectivity index (χ3v) is 5.34. The lowest BCUT2D eigenvalue weighted by atomic mass is 10.1. The van der Waals surface area contributed by atoms with Crippen molar-refractivity contribution >= 4 is 15.9 Å². The van der Waals surface area contributed by atoms with Crippen LogP contribution < -0.4 is 10.0 Å². The van der Waals surface area contributed by atoms with Gasteiger partial charge in [0.05, 0.1) is 4.90 Å². The lowest BCUT2D eigenvalue weighted by Crippen LogP contribution is -2.48. The summed E-state index contributed by atoms with van der Waals surface area (Å²) in [4.78, 5) is 12.4. The second-order valence-electron chi connectivity index (χ2n) is 5.96. The monoisotopic (exact) mass is 378 g/mol. The smallest absolute Gasteiger partial charge is 0.241 e. The summed E-state index contributed by atoms with van der Waals surface area (Å²) in [7, 11) is -3.95. The third kappa shape index (κ3) is 5.93. The molecule has 140 valence electrons. The standard InChI is InChI=1S/C19H23FN2O3S/c1-2-3-13-21-19(23)18(14-15-7-5-4-6-8-15)22-26(24,25)17-11-9-16(20)10-12-17/h4-12,18,22H,2-3,13-14H2,1H3,(H,21,23)/t18-/m0/s1. The van der Waals surface area contributed by atoms with Crippen LogP contribution in [0.4, 0.5) is 4.39 Å². The molecule has 0 spiro atoms. The fraction of sp³-hybridized carbons (Fsp3) is 0.316. The summed E-state index contributed by atoms with van der Waals surface area (Å²) in [6.45, 7) is 2.49. The number of hydrogen-bond donors (Lipinski definition) is 2. The Morgan fingerprint density at radius 2 is 1.73 bits per heavy atom. The Morgan fingerprint density at radius 3 is 2.35 bits per heavy atom. The number of nitrogens with one attached hydrogen (secondary N) is 2. The van der Waals surface area contributed by atoms with E-state index in [-0.39, 0.29) is 17.2 Å². The van der Waals surface area contributed by atoms with Gasteiger partial charge in [-0.2, -0.15) is 4.72 Å². The van der Waals surface area contributed by atoms with Crippen molar-refractivity contribution in [2.24, 2.45) is 0 Å². The zero-order valence-electron chi connectivity index (χ0n) is 14.6. The van der Waals surface area contributed by atoms with E-state index in [1.54, 1.807) is 0 Å². The van der Waals surface area contributed by atoms with Crippen molar-refractivity contribution in [3.63, 3.8) is 0 Å². The van der Waals surface area contributed by atoms with E-state index in [1.165, 1.54) is 12.1 Å². The molecule has 1 atom stereocenters. The van der Waals surface area contributed by atoms with Crippen molar-refractivity contribution in [3.05, 3.63) is 66.0 Å². The molecule has 0 saturated carbocycles. The van der Waals surface area contributed by atoms with Crippen molar-refractivity contribution in [2.45, 2.75) is 37.1 Å². The maximum atomic E-state index is 13.0. The van der Waals surface area contributed by atoms with E-state index in [9.17, 15) is 17.6 Å². The first-order chi connectivity index (χ1) is 12.4. The molecule has 0 fully saturated rings. The summed E-state index contributed by atoms with van der Waals surface area (Å²) in [5.74, 6) is -0.907. The molecule has 2 aromatic rings. The van der Waals surface area contributed by atoms with Crippen LogP contribution in [0.2, 0.25) is 0 Å². The third-order valence-electron chi connectivity index (χ3n) is 3.85. The van der Waals surface area contributed by atoms with Crippen molar-refractivity contribution in [3.8, 4) is 0 Å². The van der Waals surface area contributed by atoms with Crippen LogP contribution in [-0.4, -0.2) is 26.9 Å². The van der Waals surface area contributed by atoms with Crippen LogP contribution in [0.3, 0.4) is 0 Å². The SMILES string of the molecule is CCCCNC(=O)[C@H](Cc1ccccc1)NS(=O)(=O)c1ccc(F)cc1. The Labute approximate surface area is 153 Å². The molecular weight excluding hydrogens is 355 g/mol. The van der Waals surface area contributed by atoms with Crippen LogP contribution >= 0.6 is 0 Å². The summed E-state index contributed by atoms with van der Waals surface area (Å²) in [5.41, 5.74) is 0.838. The quantitative estimate of drug-likeness (QED) is 0.659. The first-order valence-electron chi connectivity index (χ1n) is 8.52. The number of carbonyl (C=O) groups is 1. The van der Waals surface area contributed by atoms with Crippen LogP contribution in [0.15, 0.2) is 59.5 Å². The number of benzene rings is 2. The molecule has 5 nitrogen and oxygen atoms in total. The topological polar surface area (TPSA) is 75.3 Å². The van der Waals surface area contributed by atoms with Crippen LogP contribution in [-0.2, 0) is 21.2 Å². The van der Waals surface area contributed by atoms with Gasteiger partial charge in [-0.05, 0) is 42.7 Å². The maximum absolute atomic E-state index is 13.0. The van der Waals surface area contributed by atoms with Gasteiger partial charge < -0.3 is 5.32 Å². The molecule has 0 aliphatic carbocycles. The molecule has 0 aliphatic rings. The molecule has 2 aromatic carbocycles. The molecular formula is C19H23FN2O3S. The Balaban J connectivity index is 2.19. The molecule has 0 aromatic heterocycles. The van der Waals surface area contributed by atoms with Gasteiger partial charge in [0.1, 0.15) is 11.9 Å².